The van der Waals surface area contributed by atoms with E-state index in [9.17, 15) is 4.79 Å². The number of carbonyl (C=O) groups excluding carboxylic acids is 1. The van der Waals surface area contributed by atoms with Crippen molar-refractivity contribution in [2.45, 2.75) is 44.2 Å². The van der Waals surface area contributed by atoms with Gasteiger partial charge < -0.3 is 15.8 Å². The van der Waals surface area contributed by atoms with E-state index in [1.807, 2.05) is 0 Å². The van der Waals surface area contributed by atoms with Crippen LogP contribution in [0.4, 0.5) is 11.4 Å². The molecule has 2 aliphatic rings. The molecule has 1 amide bonds. The van der Waals surface area contributed by atoms with Crippen molar-refractivity contribution in [2.75, 3.05) is 24.7 Å². The Bertz CT molecular complexity index is 860. The molecule has 0 saturated carbocycles. The van der Waals surface area contributed by atoms with Gasteiger partial charge in [-0.3, -0.25) is 9.69 Å². The molecule has 2 unspecified atom stereocenters. The number of carbonyl (C=O) groups is 1. The SMILES string of the molecule is COc1cc(N)c(Cl)cc1NC(=O)C1CC2CCC(C1)N2CCc1ccccc1. The van der Waals surface area contributed by atoms with Gasteiger partial charge >= 0.3 is 0 Å². The van der Waals surface area contributed by atoms with Crippen LogP contribution in [0.25, 0.3) is 0 Å². The molecule has 0 spiro atoms. The highest BCUT2D eigenvalue weighted by Gasteiger charge is 2.42. The van der Waals surface area contributed by atoms with Crippen molar-refractivity contribution in [1.29, 1.82) is 0 Å². The number of fused-ring (bicyclic) bond motifs is 2. The van der Waals surface area contributed by atoms with Crippen LogP contribution in [0.3, 0.4) is 0 Å². The summed E-state index contributed by atoms with van der Waals surface area (Å²) in [5.74, 6) is 0.591. The highest BCUT2D eigenvalue weighted by atomic mass is 35.5. The van der Waals surface area contributed by atoms with Crippen LogP contribution in [-0.2, 0) is 11.2 Å². The molecule has 2 bridgehead atoms. The second-order valence-corrected chi connectivity index (χ2v) is 8.50. The normalized spacial score (nSPS) is 23.7. The van der Waals surface area contributed by atoms with Gasteiger partial charge in [-0.25, -0.2) is 0 Å². The van der Waals surface area contributed by atoms with Crippen LogP contribution in [-0.4, -0.2) is 36.5 Å². The van der Waals surface area contributed by atoms with Crippen LogP contribution in [0.1, 0.15) is 31.2 Å². The summed E-state index contributed by atoms with van der Waals surface area (Å²) in [5, 5.41) is 3.43. The van der Waals surface area contributed by atoms with Gasteiger partial charge in [-0.15, -0.1) is 0 Å². The second kappa shape index (κ2) is 8.64. The van der Waals surface area contributed by atoms with E-state index >= 15 is 0 Å². The Hall–Kier alpha value is -2.24. The molecule has 4 rings (SSSR count). The molecule has 2 aliphatic heterocycles. The lowest BCUT2D eigenvalue weighted by Gasteiger charge is -2.38. The van der Waals surface area contributed by atoms with Gasteiger partial charge in [-0.2, -0.15) is 0 Å². The fourth-order valence-electron chi connectivity index (χ4n) is 4.83. The van der Waals surface area contributed by atoms with Crippen molar-refractivity contribution in [3.63, 3.8) is 0 Å². The van der Waals surface area contributed by atoms with E-state index in [1.54, 1.807) is 19.2 Å². The van der Waals surface area contributed by atoms with Gasteiger partial charge in [0.05, 0.1) is 23.5 Å². The van der Waals surface area contributed by atoms with E-state index in [0.29, 0.717) is 34.2 Å². The van der Waals surface area contributed by atoms with Gasteiger partial charge in [0, 0.05) is 30.6 Å². The molecule has 0 aromatic heterocycles. The molecular weight excluding hydrogens is 386 g/mol. The van der Waals surface area contributed by atoms with Crippen molar-refractivity contribution in [3.05, 3.63) is 53.1 Å². The number of rotatable bonds is 6. The quantitative estimate of drug-likeness (QED) is 0.690. The number of hydrogen-bond donors (Lipinski definition) is 2. The Morgan fingerprint density at radius 2 is 1.90 bits per heavy atom. The minimum atomic E-state index is 0.0153. The number of amides is 1. The van der Waals surface area contributed by atoms with Crippen molar-refractivity contribution in [2.24, 2.45) is 5.92 Å². The molecule has 2 heterocycles. The zero-order valence-electron chi connectivity index (χ0n) is 16.7. The summed E-state index contributed by atoms with van der Waals surface area (Å²) in [6.07, 6.45) is 5.23. The molecule has 6 heteroatoms. The lowest BCUT2D eigenvalue weighted by molar-refractivity contribution is -0.122. The monoisotopic (exact) mass is 413 g/mol. The van der Waals surface area contributed by atoms with Crippen molar-refractivity contribution in [1.82, 2.24) is 4.90 Å². The summed E-state index contributed by atoms with van der Waals surface area (Å²) in [7, 11) is 1.56. The number of anilines is 2. The summed E-state index contributed by atoms with van der Waals surface area (Å²) in [4.78, 5) is 15.6. The summed E-state index contributed by atoms with van der Waals surface area (Å²) >= 11 is 6.13. The van der Waals surface area contributed by atoms with Crippen LogP contribution in [0.2, 0.25) is 5.02 Å². The topological polar surface area (TPSA) is 67.6 Å². The number of benzene rings is 2. The molecular formula is C23H28ClN3O2. The molecule has 2 saturated heterocycles. The maximum atomic E-state index is 13.0. The van der Waals surface area contributed by atoms with Crippen LogP contribution >= 0.6 is 11.6 Å². The largest absolute Gasteiger partial charge is 0.494 e. The highest BCUT2D eigenvalue weighted by molar-refractivity contribution is 6.33. The molecule has 29 heavy (non-hydrogen) atoms. The maximum absolute atomic E-state index is 13.0. The molecule has 3 N–H and O–H groups in total. The van der Waals surface area contributed by atoms with Gasteiger partial charge in [0.2, 0.25) is 5.91 Å². The average molecular weight is 414 g/mol. The summed E-state index contributed by atoms with van der Waals surface area (Å²) in [5.41, 5.74) is 8.23. The molecule has 2 fully saturated rings. The third-order valence-electron chi connectivity index (χ3n) is 6.33. The van der Waals surface area contributed by atoms with Crippen LogP contribution in [0.15, 0.2) is 42.5 Å². The summed E-state index contributed by atoms with van der Waals surface area (Å²) in [6.45, 7) is 1.06. The van der Waals surface area contributed by atoms with Gasteiger partial charge in [-0.05, 0) is 43.7 Å². The lowest BCUT2D eigenvalue weighted by atomic mass is 9.89. The van der Waals surface area contributed by atoms with Crippen LogP contribution < -0.4 is 15.8 Å². The number of methoxy groups -OCH3 is 1. The number of halogens is 1. The van der Waals surface area contributed by atoms with E-state index in [0.717, 1.165) is 25.8 Å². The number of nitrogens with zero attached hydrogens (tertiary/aromatic N) is 1. The Balaban J connectivity index is 1.38. The maximum Gasteiger partial charge on any atom is 0.227 e. The lowest BCUT2D eigenvalue weighted by Crippen LogP contribution is -2.46. The molecule has 154 valence electrons. The highest BCUT2D eigenvalue weighted by Crippen LogP contribution is 2.40. The smallest absolute Gasteiger partial charge is 0.227 e. The molecule has 0 aliphatic carbocycles. The zero-order chi connectivity index (χ0) is 20.4. The minimum absolute atomic E-state index is 0.0153. The first-order valence-corrected chi connectivity index (χ1v) is 10.7. The zero-order valence-corrected chi connectivity index (χ0v) is 17.5. The molecule has 0 radical (unpaired) electrons. The first-order chi connectivity index (χ1) is 14.0. The third kappa shape index (κ3) is 4.36. The van der Waals surface area contributed by atoms with Gasteiger partial charge in [0.25, 0.3) is 0 Å². The molecule has 2 aromatic carbocycles. The molecule has 5 nitrogen and oxygen atoms in total. The Morgan fingerprint density at radius 3 is 2.55 bits per heavy atom. The van der Waals surface area contributed by atoms with Crippen molar-refractivity contribution in [3.8, 4) is 5.75 Å². The van der Waals surface area contributed by atoms with E-state index in [-0.39, 0.29) is 11.8 Å². The average Bonchev–Trinajstić information content (AvgIpc) is 2.96. The van der Waals surface area contributed by atoms with Gasteiger partial charge in [0.15, 0.2) is 0 Å². The van der Waals surface area contributed by atoms with E-state index in [2.05, 4.69) is 40.5 Å². The fourth-order valence-corrected chi connectivity index (χ4v) is 4.99. The number of nitrogens with one attached hydrogen (secondary N) is 1. The van der Waals surface area contributed by atoms with E-state index < -0.39 is 0 Å². The predicted octanol–water partition coefficient (Wildman–Crippen LogP) is 4.36. The predicted molar refractivity (Wildman–Crippen MR) is 117 cm³/mol. The molecule has 2 aromatic rings. The Kier molecular flexibility index (Phi) is 5.97. The summed E-state index contributed by atoms with van der Waals surface area (Å²) in [6, 6.07) is 14.9. The van der Waals surface area contributed by atoms with Crippen LogP contribution in [0.5, 0.6) is 5.75 Å². The van der Waals surface area contributed by atoms with Gasteiger partial charge in [-0.1, -0.05) is 41.9 Å². The number of nitrogen functional groups attached to an aromatic ring is 1. The first-order valence-electron chi connectivity index (χ1n) is 10.3. The fraction of sp³-hybridized carbons (Fsp3) is 0.435. The summed E-state index contributed by atoms with van der Waals surface area (Å²) < 4.78 is 5.35. The standard InChI is InChI=1S/C23H28ClN3O2/c1-29-22-14-20(25)19(24)13-21(22)26-23(28)16-11-17-7-8-18(12-16)27(17)10-9-15-5-3-2-4-6-15/h2-6,13-14,16-18H,7-12,25H2,1H3,(H,26,28). The van der Waals surface area contributed by atoms with E-state index in [4.69, 9.17) is 22.1 Å². The number of nitrogens with two attached hydrogens (primary N) is 1. The van der Waals surface area contributed by atoms with Gasteiger partial charge in [0.1, 0.15) is 5.75 Å². The molecule has 2 atom stereocenters. The Morgan fingerprint density at radius 1 is 1.21 bits per heavy atom. The number of piperidine rings is 1. The first kappa shape index (κ1) is 20.0. The minimum Gasteiger partial charge on any atom is -0.494 e. The van der Waals surface area contributed by atoms with Crippen LogP contribution in [0, 0.1) is 5.92 Å². The Labute approximate surface area is 177 Å². The number of ether oxygens (including phenoxy) is 1. The van der Waals surface area contributed by atoms with Crippen molar-refractivity contribution >= 4 is 28.9 Å². The second-order valence-electron chi connectivity index (χ2n) is 8.09. The van der Waals surface area contributed by atoms with Crippen molar-refractivity contribution < 1.29 is 9.53 Å². The third-order valence-corrected chi connectivity index (χ3v) is 6.66. The number of hydrogen-bond acceptors (Lipinski definition) is 4. The van der Waals surface area contributed by atoms with E-state index in [1.165, 1.54) is 18.4 Å².